The van der Waals surface area contributed by atoms with Gasteiger partial charge in [0.25, 0.3) is 0 Å². The van der Waals surface area contributed by atoms with Crippen molar-refractivity contribution in [3.05, 3.63) is 22.9 Å². The maximum atomic E-state index is 9.69. The van der Waals surface area contributed by atoms with E-state index < -0.39 is 0 Å². The van der Waals surface area contributed by atoms with E-state index >= 15 is 0 Å². The fourth-order valence-corrected chi connectivity index (χ4v) is 3.82. The fraction of sp³-hybridized carbons (Fsp3) is 0.706. The largest absolute Gasteiger partial charge is 0.392 e. The van der Waals surface area contributed by atoms with Gasteiger partial charge in [-0.1, -0.05) is 6.42 Å². The van der Waals surface area contributed by atoms with Crippen molar-refractivity contribution in [2.45, 2.75) is 52.2 Å². The van der Waals surface area contributed by atoms with Gasteiger partial charge in [0.2, 0.25) is 0 Å². The van der Waals surface area contributed by atoms with Crippen molar-refractivity contribution < 1.29 is 5.11 Å². The molecule has 4 heteroatoms. The molecule has 0 radical (unpaired) electrons. The van der Waals surface area contributed by atoms with Crippen molar-refractivity contribution in [1.82, 2.24) is 9.88 Å². The summed E-state index contributed by atoms with van der Waals surface area (Å²) in [5.41, 5.74) is 3.20. The van der Waals surface area contributed by atoms with E-state index in [0.29, 0.717) is 6.04 Å². The number of piperidine rings is 1. The number of aromatic nitrogens is 1. The van der Waals surface area contributed by atoms with Crippen LogP contribution in [0.5, 0.6) is 0 Å². The number of aryl methyl sites for hydroxylation is 2. The molecule has 1 aromatic rings. The molecule has 0 aromatic carbocycles. The number of nitrogens with zero attached hydrogens (tertiary/aromatic N) is 3. The maximum absolute atomic E-state index is 9.69. The number of aliphatic hydroxyl groups excluding tert-OH is 1. The summed E-state index contributed by atoms with van der Waals surface area (Å²) in [6.07, 6.45) is 5.31. The van der Waals surface area contributed by atoms with Crippen molar-refractivity contribution >= 4 is 5.82 Å². The molecule has 1 N–H and O–H groups in total. The Bertz CT molecular complexity index is 497. The second kappa shape index (κ2) is 6.32. The maximum Gasteiger partial charge on any atom is 0.134 e. The molecule has 4 nitrogen and oxygen atoms in total. The summed E-state index contributed by atoms with van der Waals surface area (Å²) in [6, 6.07) is 2.73. The first kappa shape index (κ1) is 14.8. The molecule has 0 bridgehead atoms. The van der Waals surface area contributed by atoms with Crippen LogP contribution < -0.4 is 4.90 Å². The van der Waals surface area contributed by atoms with E-state index in [2.05, 4.69) is 22.8 Å². The molecule has 2 fully saturated rings. The average Bonchev–Trinajstić information content (AvgIpc) is 2.97. The molecule has 1 atom stereocenters. The predicted octanol–water partition coefficient (Wildman–Crippen LogP) is 2.26. The SMILES string of the molecule is Cc1cc(C)c(CO)c(N2CCC(N3CCCCC3)C2)n1. The first-order valence-corrected chi connectivity index (χ1v) is 8.26. The van der Waals surface area contributed by atoms with E-state index in [1.54, 1.807) is 0 Å². The molecule has 2 saturated heterocycles. The number of rotatable bonds is 3. The Labute approximate surface area is 127 Å². The Balaban J connectivity index is 1.76. The Kier molecular flexibility index (Phi) is 4.45. The predicted molar refractivity (Wildman–Crippen MR) is 85.7 cm³/mol. The lowest BCUT2D eigenvalue weighted by molar-refractivity contribution is 0.174. The van der Waals surface area contributed by atoms with E-state index in [1.807, 2.05) is 6.92 Å². The monoisotopic (exact) mass is 289 g/mol. The number of hydrogen-bond donors (Lipinski definition) is 1. The third-order valence-electron chi connectivity index (χ3n) is 4.98. The molecule has 0 aliphatic carbocycles. The zero-order chi connectivity index (χ0) is 14.8. The Hall–Kier alpha value is -1.13. The van der Waals surface area contributed by atoms with Crippen LogP contribution in [0.2, 0.25) is 0 Å². The van der Waals surface area contributed by atoms with Gasteiger partial charge < -0.3 is 10.0 Å². The number of pyridine rings is 1. The van der Waals surface area contributed by atoms with Crippen molar-refractivity contribution in [2.24, 2.45) is 0 Å². The van der Waals surface area contributed by atoms with Crippen LogP contribution in [0.4, 0.5) is 5.82 Å². The summed E-state index contributed by atoms with van der Waals surface area (Å²) >= 11 is 0. The molecule has 21 heavy (non-hydrogen) atoms. The van der Waals surface area contributed by atoms with Crippen LogP contribution in [0.15, 0.2) is 6.07 Å². The summed E-state index contributed by atoms with van der Waals surface area (Å²) in [7, 11) is 0. The highest BCUT2D eigenvalue weighted by Gasteiger charge is 2.30. The highest BCUT2D eigenvalue weighted by molar-refractivity contribution is 5.52. The molecular weight excluding hydrogens is 262 g/mol. The van der Waals surface area contributed by atoms with Gasteiger partial charge in [0.05, 0.1) is 6.61 Å². The molecule has 1 aromatic heterocycles. The number of hydrogen-bond acceptors (Lipinski definition) is 4. The lowest BCUT2D eigenvalue weighted by Gasteiger charge is -2.32. The van der Waals surface area contributed by atoms with Crippen molar-refractivity contribution in [1.29, 1.82) is 0 Å². The standard InChI is InChI=1S/C17H27N3O/c1-13-10-14(2)18-17(16(13)12-21)20-9-6-15(11-20)19-7-4-3-5-8-19/h10,15,21H,3-9,11-12H2,1-2H3. The van der Waals surface area contributed by atoms with Crippen LogP contribution in [0, 0.1) is 13.8 Å². The normalized spacial score (nSPS) is 23.8. The number of aliphatic hydroxyl groups is 1. The van der Waals surface area contributed by atoms with Gasteiger partial charge in [0, 0.05) is 30.4 Å². The molecule has 0 spiro atoms. The van der Waals surface area contributed by atoms with Crippen LogP contribution in [-0.4, -0.2) is 47.2 Å². The van der Waals surface area contributed by atoms with Crippen molar-refractivity contribution in [3.63, 3.8) is 0 Å². The highest BCUT2D eigenvalue weighted by Crippen LogP contribution is 2.28. The lowest BCUT2D eigenvalue weighted by Crippen LogP contribution is -2.41. The fourth-order valence-electron chi connectivity index (χ4n) is 3.82. The van der Waals surface area contributed by atoms with Crippen molar-refractivity contribution in [2.75, 3.05) is 31.1 Å². The van der Waals surface area contributed by atoms with Gasteiger partial charge in [0.15, 0.2) is 0 Å². The van der Waals surface area contributed by atoms with Gasteiger partial charge in [-0.2, -0.15) is 0 Å². The summed E-state index contributed by atoms with van der Waals surface area (Å²) in [5.74, 6) is 1.01. The zero-order valence-electron chi connectivity index (χ0n) is 13.3. The summed E-state index contributed by atoms with van der Waals surface area (Å²) in [5, 5.41) is 9.69. The molecular formula is C17H27N3O. The lowest BCUT2D eigenvalue weighted by atomic mass is 10.1. The molecule has 0 saturated carbocycles. The van der Waals surface area contributed by atoms with Crippen LogP contribution in [0.1, 0.15) is 42.5 Å². The second-order valence-electron chi connectivity index (χ2n) is 6.53. The van der Waals surface area contributed by atoms with E-state index in [4.69, 9.17) is 4.98 Å². The van der Waals surface area contributed by atoms with Gasteiger partial charge >= 0.3 is 0 Å². The Morgan fingerprint density at radius 3 is 2.67 bits per heavy atom. The van der Waals surface area contributed by atoms with Gasteiger partial charge in [-0.15, -0.1) is 0 Å². The quantitative estimate of drug-likeness (QED) is 0.926. The van der Waals surface area contributed by atoms with E-state index in [0.717, 1.165) is 35.7 Å². The average molecular weight is 289 g/mol. The second-order valence-corrected chi connectivity index (χ2v) is 6.53. The van der Waals surface area contributed by atoms with Crippen LogP contribution in [0.25, 0.3) is 0 Å². The Morgan fingerprint density at radius 2 is 1.95 bits per heavy atom. The molecule has 3 rings (SSSR count). The highest BCUT2D eigenvalue weighted by atomic mass is 16.3. The minimum absolute atomic E-state index is 0.0827. The van der Waals surface area contributed by atoms with Crippen LogP contribution in [-0.2, 0) is 6.61 Å². The molecule has 2 aliphatic rings. The van der Waals surface area contributed by atoms with Gasteiger partial charge in [-0.25, -0.2) is 4.98 Å². The van der Waals surface area contributed by atoms with E-state index in [-0.39, 0.29) is 6.61 Å². The zero-order valence-corrected chi connectivity index (χ0v) is 13.3. The molecule has 116 valence electrons. The van der Waals surface area contributed by atoms with Crippen LogP contribution >= 0.6 is 0 Å². The number of likely N-dealkylation sites (tertiary alicyclic amines) is 1. The third-order valence-corrected chi connectivity index (χ3v) is 4.98. The first-order valence-electron chi connectivity index (χ1n) is 8.26. The minimum atomic E-state index is 0.0827. The smallest absolute Gasteiger partial charge is 0.134 e. The molecule has 1 unspecified atom stereocenters. The topological polar surface area (TPSA) is 39.6 Å². The molecule has 2 aliphatic heterocycles. The van der Waals surface area contributed by atoms with Crippen molar-refractivity contribution in [3.8, 4) is 0 Å². The molecule has 3 heterocycles. The first-order chi connectivity index (χ1) is 10.2. The van der Waals surface area contributed by atoms with E-state index in [1.165, 1.54) is 38.8 Å². The minimum Gasteiger partial charge on any atom is -0.392 e. The summed E-state index contributed by atoms with van der Waals surface area (Å²) in [6.45, 7) is 8.82. The van der Waals surface area contributed by atoms with Gasteiger partial charge in [-0.05, 0) is 57.8 Å². The van der Waals surface area contributed by atoms with Gasteiger partial charge in [-0.3, -0.25) is 4.90 Å². The number of anilines is 1. The van der Waals surface area contributed by atoms with E-state index in [9.17, 15) is 5.11 Å². The summed E-state index contributed by atoms with van der Waals surface area (Å²) in [4.78, 5) is 9.75. The summed E-state index contributed by atoms with van der Waals surface area (Å²) < 4.78 is 0. The third kappa shape index (κ3) is 3.06. The van der Waals surface area contributed by atoms with Gasteiger partial charge in [0.1, 0.15) is 5.82 Å². The Morgan fingerprint density at radius 1 is 1.19 bits per heavy atom. The molecule has 0 amide bonds. The van der Waals surface area contributed by atoms with Crippen LogP contribution in [0.3, 0.4) is 0 Å².